The Bertz CT molecular complexity index is 986. The Hall–Kier alpha value is -3.35. The summed E-state index contributed by atoms with van der Waals surface area (Å²) in [4.78, 5) is 35.6. The number of ether oxygens (including phenoxy) is 1. The van der Waals surface area contributed by atoms with E-state index in [1.807, 2.05) is 24.3 Å². The summed E-state index contributed by atoms with van der Waals surface area (Å²) >= 11 is 0. The number of carbonyl (C=O) groups excluding carboxylic acids is 2. The molecule has 1 atom stereocenters. The Kier molecular flexibility index (Phi) is 7.83. The highest BCUT2D eigenvalue weighted by Crippen LogP contribution is 2.44. The maximum atomic E-state index is 12.6. The Labute approximate surface area is 199 Å². The fraction of sp³-hybridized carbons (Fsp3) is 0.444. The Morgan fingerprint density at radius 2 is 1.56 bits per heavy atom. The van der Waals surface area contributed by atoms with Crippen molar-refractivity contribution < 1.29 is 24.2 Å². The lowest BCUT2D eigenvalue weighted by molar-refractivity contribution is -0.136. The minimum Gasteiger partial charge on any atom is -0.481 e. The summed E-state index contributed by atoms with van der Waals surface area (Å²) in [7, 11) is 0. The second-order valence-electron chi connectivity index (χ2n) is 9.21. The number of rotatable bonds is 10. The van der Waals surface area contributed by atoms with Crippen molar-refractivity contribution in [1.82, 2.24) is 10.6 Å². The number of aliphatic carboxylic acids is 1. The quantitative estimate of drug-likeness (QED) is 0.486. The molecule has 0 radical (unpaired) electrons. The standard InChI is InChI=1S/C27H32N2O5/c30-25(28-14-13-26(31)32)15-19(18-7-1-2-8-18)16-29-27(33)34-17-24-22-11-5-3-9-20(22)21-10-4-6-12-23(21)24/h3-6,9-12,18-19,24H,1-2,7-8,13-17H2,(H,28,30)(H,29,33)(H,31,32). The monoisotopic (exact) mass is 464 g/mol. The first-order chi connectivity index (χ1) is 16.5. The summed E-state index contributed by atoms with van der Waals surface area (Å²) in [5.74, 6) is -0.729. The molecule has 34 heavy (non-hydrogen) atoms. The lowest BCUT2D eigenvalue weighted by Gasteiger charge is -2.23. The van der Waals surface area contributed by atoms with Gasteiger partial charge in [0.2, 0.25) is 5.91 Å². The smallest absolute Gasteiger partial charge is 0.407 e. The lowest BCUT2D eigenvalue weighted by atomic mass is 9.87. The van der Waals surface area contributed by atoms with Crippen LogP contribution in [0.2, 0.25) is 0 Å². The number of amides is 2. The molecule has 2 amide bonds. The average molecular weight is 465 g/mol. The van der Waals surface area contributed by atoms with Gasteiger partial charge >= 0.3 is 12.1 Å². The van der Waals surface area contributed by atoms with Crippen LogP contribution in [0.25, 0.3) is 11.1 Å². The molecule has 0 bridgehead atoms. The zero-order valence-electron chi connectivity index (χ0n) is 19.3. The highest BCUT2D eigenvalue weighted by Gasteiger charge is 2.30. The summed E-state index contributed by atoms with van der Waals surface area (Å²) in [6, 6.07) is 16.4. The third-order valence-corrected chi connectivity index (χ3v) is 7.03. The van der Waals surface area contributed by atoms with Gasteiger partial charge in [0.15, 0.2) is 0 Å². The lowest BCUT2D eigenvalue weighted by Crippen LogP contribution is -2.37. The van der Waals surface area contributed by atoms with E-state index in [0.29, 0.717) is 12.5 Å². The van der Waals surface area contributed by atoms with Crippen molar-refractivity contribution in [2.24, 2.45) is 11.8 Å². The van der Waals surface area contributed by atoms with Crippen LogP contribution in [0.5, 0.6) is 0 Å². The van der Waals surface area contributed by atoms with Gasteiger partial charge < -0.3 is 20.5 Å². The Balaban J connectivity index is 1.31. The van der Waals surface area contributed by atoms with Crippen LogP contribution in [-0.4, -0.2) is 42.8 Å². The number of hydrogen-bond acceptors (Lipinski definition) is 4. The zero-order valence-corrected chi connectivity index (χ0v) is 19.3. The predicted molar refractivity (Wildman–Crippen MR) is 128 cm³/mol. The molecule has 2 aromatic carbocycles. The molecule has 7 nitrogen and oxygen atoms in total. The fourth-order valence-corrected chi connectivity index (χ4v) is 5.32. The van der Waals surface area contributed by atoms with Crippen LogP contribution in [0.1, 0.15) is 55.6 Å². The van der Waals surface area contributed by atoms with Crippen LogP contribution < -0.4 is 10.6 Å². The van der Waals surface area contributed by atoms with E-state index >= 15 is 0 Å². The van der Waals surface area contributed by atoms with E-state index in [1.165, 1.54) is 22.3 Å². The second kappa shape index (κ2) is 11.2. The minimum atomic E-state index is -0.940. The number of carboxylic acid groups (broad SMARTS) is 1. The number of carboxylic acids is 1. The Morgan fingerprint density at radius 1 is 0.941 bits per heavy atom. The number of hydrogen-bond donors (Lipinski definition) is 3. The van der Waals surface area contributed by atoms with Gasteiger partial charge in [-0.05, 0) is 34.1 Å². The molecule has 0 saturated heterocycles. The molecule has 1 saturated carbocycles. The van der Waals surface area contributed by atoms with Crippen molar-refractivity contribution in [3.63, 3.8) is 0 Å². The van der Waals surface area contributed by atoms with Crippen molar-refractivity contribution in [1.29, 1.82) is 0 Å². The normalized spacial score (nSPS) is 15.9. The molecule has 1 fully saturated rings. The molecular formula is C27H32N2O5. The fourth-order valence-electron chi connectivity index (χ4n) is 5.32. The molecule has 2 aliphatic rings. The molecule has 2 aromatic rings. The van der Waals surface area contributed by atoms with Crippen molar-refractivity contribution in [3.05, 3.63) is 59.7 Å². The summed E-state index contributed by atoms with van der Waals surface area (Å²) < 4.78 is 5.63. The number of benzene rings is 2. The van der Waals surface area contributed by atoms with Crippen LogP contribution in [0.4, 0.5) is 4.79 Å². The van der Waals surface area contributed by atoms with Crippen LogP contribution in [0.3, 0.4) is 0 Å². The van der Waals surface area contributed by atoms with E-state index in [0.717, 1.165) is 25.7 Å². The molecular weight excluding hydrogens is 432 g/mol. The SMILES string of the molecule is O=C(O)CCNC(=O)CC(CNC(=O)OCC1c2ccccc2-c2ccccc21)C1CCCC1. The first-order valence-corrected chi connectivity index (χ1v) is 12.1. The van der Waals surface area contributed by atoms with Gasteiger partial charge in [-0.25, -0.2) is 4.79 Å². The van der Waals surface area contributed by atoms with E-state index in [4.69, 9.17) is 9.84 Å². The van der Waals surface area contributed by atoms with E-state index in [9.17, 15) is 14.4 Å². The van der Waals surface area contributed by atoms with Gasteiger partial charge in [0, 0.05) is 25.4 Å². The van der Waals surface area contributed by atoms with Crippen LogP contribution in [-0.2, 0) is 14.3 Å². The Morgan fingerprint density at radius 3 is 2.18 bits per heavy atom. The first kappa shape index (κ1) is 23.8. The van der Waals surface area contributed by atoms with Gasteiger partial charge in [-0.2, -0.15) is 0 Å². The van der Waals surface area contributed by atoms with Crippen molar-refractivity contribution in [2.75, 3.05) is 19.7 Å². The van der Waals surface area contributed by atoms with E-state index in [1.54, 1.807) is 0 Å². The van der Waals surface area contributed by atoms with Crippen LogP contribution in [0, 0.1) is 11.8 Å². The highest BCUT2D eigenvalue weighted by atomic mass is 16.5. The van der Waals surface area contributed by atoms with Gasteiger partial charge in [-0.15, -0.1) is 0 Å². The van der Waals surface area contributed by atoms with Gasteiger partial charge in [0.05, 0.1) is 6.42 Å². The molecule has 0 aliphatic heterocycles. The number of nitrogens with one attached hydrogen (secondary N) is 2. The average Bonchev–Trinajstić information content (AvgIpc) is 3.47. The van der Waals surface area contributed by atoms with Gasteiger partial charge in [0.1, 0.15) is 6.61 Å². The molecule has 0 spiro atoms. The topological polar surface area (TPSA) is 105 Å². The predicted octanol–water partition coefficient (Wildman–Crippen LogP) is 4.31. The van der Waals surface area contributed by atoms with Crippen LogP contribution in [0.15, 0.2) is 48.5 Å². The van der Waals surface area contributed by atoms with Crippen molar-refractivity contribution in [2.45, 2.75) is 44.4 Å². The third-order valence-electron chi connectivity index (χ3n) is 7.03. The van der Waals surface area contributed by atoms with Gasteiger partial charge in [0.25, 0.3) is 0 Å². The maximum absolute atomic E-state index is 12.6. The highest BCUT2D eigenvalue weighted by molar-refractivity contribution is 5.79. The molecule has 2 aliphatic carbocycles. The van der Waals surface area contributed by atoms with Crippen molar-refractivity contribution >= 4 is 18.0 Å². The first-order valence-electron chi connectivity index (χ1n) is 12.1. The molecule has 3 N–H and O–H groups in total. The summed E-state index contributed by atoms with van der Waals surface area (Å²) in [5, 5.41) is 14.3. The molecule has 0 aromatic heterocycles. The van der Waals surface area contributed by atoms with E-state index in [-0.39, 0.29) is 43.7 Å². The molecule has 7 heteroatoms. The summed E-state index contributed by atoms with van der Waals surface area (Å²) in [6.07, 6.45) is 4.04. The minimum absolute atomic E-state index is 0.00351. The zero-order chi connectivity index (χ0) is 23.9. The van der Waals surface area contributed by atoms with E-state index < -0.39 is 12.1 Å². The third kappa shape index (κ3) is 5.76. The molecule has 4 rings (SSSR count). The molecule has 0 heterocycles. The maximum Gasteiger partial charge on any atom is 0.407 e. The van der Waals surface area contributed by atoms with Gasteiger partial charge in [-0.1, -0.05) is 74.2 Å². The van der Waals surface area contributed by atoms with E-state index in [2.05, 4.69) is 34.9 Å². The summed E-state index contributed by atoms with van der Waals surface area (Å²) in [5.41, 5.74) is 4.70. The van der Waals surface area contributed by atoms with Crippen molar-refractivity contribution in [3.8, 4) is 11.1 Å². The largest absolute Gasteiger partial charge is 0.481 e. The number of carbonyl (C=O) groups is 3. The van der Waals surface area contributed by atoms with Gasteiger partial charge in [-0.3, -0.25) is 9.59 Å². The summed E-state index contributed by atoms with van der Waals surface area (Å²) in [6.45, 7) is 0.739. The number of alkyl carbamates (subject to hydrolysis) is 1. The second-order valence-corrected chi connectivity index (χ2v) is 9.21. The molecule has 1 unspecified atom stereocenters. The molecule has 180 valence electrons. The van der Waals surface area contributed by atoms with Crippen LogP contribution >= 0.6 is 0 Å². The number of fused-ring (bicyclic) bond motifs is 3.